The van der Waals surface area contributed by atoms with E-state index in [9.17, 15) is 9.18 Å². The van der Waals surface area contributed by atoms with E-state index in [4.69, 9.17) is 9.97 Å². The number of benzene rings is 1. The Balaban J connectivity index is 1.42. The highest BCUT2D eigenvalue weighted by Gasteiger charge is 2.25. The van der Waals surface area contributed by atoms with E-state index >= 15 is 0 Å². The lowest BCUT2D eigenvalue weighted by atomic mass is 9.96. The van der Waals surface area contributed by atoms with Crippen molar-refractivity contribution in [3.05, 3.63) is 82.9 Å². The summed E-state index contributed by atoms with van der Waals surface area (Å²) in [6.45, 7) is 6.73. The molecule has 32 heavy (non-hydrogen) atoms. The van der Waals surface area contributed by atoms with Crippen molar-refractivity contribution in [1.29, 1.82) is 0 Å². The molecule has 166 valence electrons. The second-order valence-electron chi connectivity index (χ2n) is 8.40. The molecule has 3 heterocycles. The van der Waals surface area contributed by atoms with Crippen LogP contribution in [0.1, 0.15) is 47.1 Å². The van der Waals surface area contributed by atoms with Gasteiger partial charge in [0.2, 0.25) is 5.91 Å². The Kier molecular flexibility index (Phi) is 6.85. The molecule has 1 aromatic carbocycles. The van der Waals surface area contributed by atoms with Crippen molar-refractivity contribution < 1.29 is 9.18 Å². The molecule has 6 nitrogen and oxygen atoms in total. The number of carbonyl (C=O) groups excluding carboxylic acids is 1. The number of piperidine rings is 1. The molecule has 2 aromatic heterocycles. The summed E-state index contributed by atoms with van der Waals surface area (Å²) in [5.41, 5.74) is 4.30. The number of aromatic nitrogens is 3. The van der Waals surface area contributed by atoms with Gasteiger partial charge in [0.25, 0.3) is 0 Å². The van der Waals surface area contributed by atoms with E-state index < -0.39 is 0 Å². The molecule has 3 aromatic rings. The smallest absolute Gasteiger partial charge is 0.228 e. The number of anilines is 1. The molecule has 0 bridgehead atoms. The normalized spacial score (nSPS) is 16.7. The molecule has 4 rings (SSSR count). The standard InChI is InChI=1S/C25H28FN5O/c1-17-23(13-24(32)30-22-9-7-21(26)8-10-22)18(2)29-25(28-17)20-6-4-12-31(16-20)15-19-5-3-11-27-14-19/h3,5,7-11,14,20H,4,6,12-13,15-16H2,1-2H3,(H,30,32)/t20-/m1/s1. The summed E-state index contributed by atoms with van der Waals surface area (Å²) in [5, 5.41) is 2.81. The van der Waals surface area contributed by atoms with E-state index in [2.05, 4.69) is 21.3 Å². The fraction of sp³-hybridized carbons (Fsp3) is 0.360. The number of hydrogen-bond donors (Lipinski definition) is 1. The quantitative estimate of drug-likeness (QED) is 0.631. The van der Waals surface area contributed by atoms with Gasteiger partial charge in [0, 0.05) is 54.0 Å². The van der Waals surface area contributed by atoms with Crippen LogP contribution in [0.3, 0.4) is 0 Å². The summed E-state index contributed by atoms with van der Waals surface area (Å²) in [6.07, 6.45) is 6.07. The van der Waals surface area contributed by atoms with E-state index in [1.807, 2.05) is 26.1 Å². The van der Waals surface area contributed by atoms with Crippen LogP contribution in [0.25, 0.3) is 0 Å². The fourth-order valence-electron chi connectivity index (χ4n) is 4.26. The van der Waals surface area contributed by atoms with Crippen LogP contribution < -0.4 is 5.32 Å². The number of nitrogens with zero attached hydrogens (tertiary/aromatic N) is 4. The zero-order valence-corrected chi connectivity index (χ0v) is 18.5. The molecular formula is C25H28FN5O. The van der Waals surface area contributed by atoms with Gasteiger partial charge in [-0.15, -0.1) is 0 Å². The molecule has 1 saturated heterocycles. The number of halogens is 1. The van der Waals surface area contributed by atoms with Crippen LogP contribution in [0, 0.1) is 19.7 Å². The van der Waals surface area contributed by atoms with E-state index in [0.29, 0.717) is 5.69 Å². The maximum absolute atomic E-state index is 13.1. The topological polar surface area (TPSA) is 71.0 Å². The lowest BCUT2D eigenvalue weighted by Crippen LogP contribution is -2.34. The van der Waals surface area contributed by atoms with Crippen LogP contribution >= 0.6 is 0 Å². The van der Waals surface area contributed by atoms with E-state index in [1.54, 1.807) is 18.3 Å². The van der Waals surface area contributed by atoms with Crippen molar-refractivity contribution in [2.24, 2.45) is 0 Å². The van der Waals surface area contributed by atoms with Crippen molar-refractivity contribution in [3.8, 4) is 0 Å². The van der Waals surface area contributed by atoms with Crippen molar-refractivity contribution >= 4 is 11.6 Å². The Hall–Kier alpha value is -3.19. The van der Waals surface area contributed by atoms with Gasteiger partial charge in [-0.05, 0) is 69.1 Å². The number of rotatable bonds is 6. The molecule has 0 radical (unpaired) electrons. The molecule has 1 aliphatic heterocycles. The van der Waals surface area contributed by atoms with Crippen molar-refractivity contribution in [2.45, 2.75) is 45.6 Å². The summed E-state index contributed by atoms with van der Waals surface area (Å²) >= 11 is 0. The zero-order valence-electron chi connectivity index (χ0n) is 18.5. The summed E-state index contributed by atoms with van der Waals surface area (Å²) in [5.74, 6) is 0.637. The van der Waals surface area contributed by atoms with Crippen molar-refractivity contribution in [3.63, 3.8) is 0 Å². The highest BCUT2D eigenvalue weighted by molar-refractivity contribution is 5.92. The van der Waals surface area contributed by atoms with Gasteiger partial charge in [-0.25, -0.2) is 14.4 Å². The van der Waals surface area contributed by atoms with Gasteiger partial charge in [-0.1, -0.05) is 6.07 Å². The third-order valence-corrected chi connectivity index (χ3v) is 5.90. The van der Waals surface area contributed by atoms with Gasteiger partial charge in [0.05, 0.1) is 6.42 Å². The number of aryl methyl sites for hydroxylation is 2. The predicted octanol–water partition coefficient (Wildman–Crippen LogP) is 4.19. The minimum Gasteiger partial charge on any atom is -0.326 e. The number of carbonyl (C=O) groups is 1. The first kappa shape index (κ1) is 22.0. The lowest BCUT2D eigenvalue weighted by Gasteiger charge is -2.32. The highest BCUT2D eigenvalue weighted by atomic mass is 19.1. The molecule has 0 saturated carbocycles. The first-order valence-electron chi connectivity index (χ1n) is 11.0. The number of likely N-dealkylation sites (tertiary alicyclic amines) is 1. The van der Waals surface area contributed by atoms with E-state index in [0.717, 1.165) is 55.3 Å². The zero-order chi connectivity index (χ0) is 22.5. The first-order chi connectivity index (χ1) is 15.5. The van der Waals surface area contributed by atoms with Crippen LogP contribution in [0.15, 0.2) is 48.8 Å². The third kappa shape index (κ3) is 5.53. The second-order valence-corrected chi connectivity index (χ2v) is 8.40. The van der Waals surface area contributed by atoms with Gasteiger partial charge in [-0.2, -0.15) is 0 Å². The van der Waals surface area contributed by atoms with Crippen molar-refractivity contribution in [1.82, 2.24) is 19.9 Å². The summed E-state index contributed by atoms with van der Waals surface area (Å²) < 4.78 is 13.1. The van der Waals surface area contributed by atoms with Crippen LogP contribution in [0.4, 0.5) is 10.1 Å². The van der Waals surface area contributed by atoms with Crippen LogP contribution in [-0.4, -0.2) is 38.8 Å². The molecule has 0 unspecified atom stereocenters. The number of nitrogens with one attached hydrogen (secondary N) is 1. The Labute approximate surface area is 187 Å². The monoisotopic (exact) mass is 433 g/mol. The van der Waals surface area contributed by atoms with Crippen molar-refractivity contribution in [2.75, 3.05) is 18.4 Å². The minimum absolute atomic E-state index is 0.167. The minimum atomic E-state index is -0.333. The molecule has 0 spiro atoms. The molecule has 1 atom stereocenters. The maximum atomic E-state index is 13.1. The predicted molar refractivity (Wildman–Crippen MR) is 122 cm³/mol. The van der Waals surface area contributed by atoms with Crippen LogP contribution in [0.5, 0.6) is 0 Å². The Bertz CT molecular complexity index is 1050. The Morgan fingerprint density at radius 3 is 2.59 bits per heavy atom. The number of pyridine rings is 1. The number of amides is 1. The van der Waals surface area contributed by atoms with Gasteiger partial charge in [0.1, 0.15) is 11.6 Å². The molecule has 1 aliphatic rings. The van der Waals surface area contributed by atoms with Gasteiger partial charge < -0.3 is 5.32 Å². The average Bonchev–Trinajstić information content (AvgIpc) is 2.78. The van der Waals surface area contributed by atoms with Crippen LogP contribution in [-0.2, 0) is 17.8 Å². The Morgan fingerprint density at radius 1 is 1.16 bits per heavy atom. The molecular weight excluding hydrogens is 405 g/mol. The second kappa shape index (κ2) is 9.96. The molecule has 7 heteroatoms. The molecule has 1 amide bonds. The maximum Gasteiger partial charge on any atom is 0.228 e. The molecule has 0 aliphatic carbocycles. The summed E-state index contributed by atoms with van der Waals surface area (Å²) in [7, 11) is 0. The first-order valence-corrected chi connectivity index (χ1v) is 11.0. The van der Waals surface area contributed by atoms with Gasteiger partial charge in [0.15, 0.2) is 0 Å². The van der Waals surface area contributed by atoms with E-state index in [1.165, 1.54) is 17.7 Å². The average molecular weight is 434 g/mol. The van der Waals surface area contributed by atoms with Crippen LogP contribution in [0.2, 0.25) is 0 Å². The fourth-order valence-corrected chi connectivity index (χ4v) is 4.26. The van der Waals surface area contributed by atoms with Gasteiger partial charge in [-0.3, -0.25) is 14.7 Å². The molecule has 1 N–H and O–H groups in total. The lowest BCUT2D eigenvalue weighted by molar-refractivity contribution is -0.115. The number of hydrogen-bond acceptors (Lipinski definition) is 5. The molecule has 1 fully saturated rings. The Morgan fingerprint density at radius 2 is 1.91 bits per heavy atom. The highest BCUT2D eigenvalue weighted by Crippen LogP contribution is 2.27. The largest absolute Gasteiger partial charge is 0.326 e. The van der Waals surface area contributed by atoms with E-state index in [-0.39, 0.29) is 24.1 Å². The third-order valence-electron chi connectivity index (χ3n) is 5.90. The summed E-state index contributed by atoms with van der Waals surface area (Å²) in [6, 6.07) is 9.82. The SMILES string of the molecule is Cc1nc([C@@H]2CCCN(Cc3cccnc3)C2)nc(C)c1CC(=O)Nc1ccc(F)cc1. The van der Waals surface area contributed by atoms with Gasteiger partial charge >= 0.3 is 0 Å². The summed E-state index contributed by atoms with van der Waals surface area (Å²) in [4.78, 5) is 28.7.